The summed E-state index contributed by atoms with van der Waals surface area (Å²) in [5.74, 6) is 1.78. The van der Waals surface area contributed by atoms with Crippen LogP contribution in [0.5, 0.6) is 0 Å². The van der Waals surface area contributed by atoms with Gasteiger partial charge in [0.05, 0.1) is 18.9 Å². The number of guanidine groups is 1. The number of nitrogens with zero attached hydrogens (tertiary/aromatic N) is 5. The van der Waals surface area contributed by atoms with Crippen LogP contribution in [0.3, 0.4) is 0 Å². The van der Waals surface area contributed by atoms with Crippen LogP contribution < -0.4 is 15.5 Å². The Morgan fingerprint density at radius 2 is 1.93 bits per heavy atom. The minimum Gasteiger partial charge on any atom is -0.378 e. The molecule has 28 heavy (non-hydrogen) atoms. The number of aromatic nitrogens is 3. The Kier molecular flexibility index (Phi) is 8.49. The van der Waals surface area contributed by atoms with Gasteiger partial charge in [-0.3, -0.25) is 9.67 Å². The van der Waals surface area contributed by atoms with Gasteiger partial charge in [0.2, 0.25) is 0 Å². The van der Waals surface area contributed by atoms with E-state index in [1.165, 1.54) is 5.56 Å². The van der Waals surface area contributed by atoms with E-state index >= 15 is 0 Å². The lowest BCUT2D eigenvalue weighted by molar-refractivity contribution is 0.122. The molecule has 0 amide bonds. The van der Waals surface area contributed by atoms with Crippen molar-refractivity contribution in [1.29, 1.82) is 0 Å². The lowest BCUT2D eigenvalue weighted by Crippen LogP contribution is -2.39. The van der Waals surface area contributed by atoms with Gasteiger partial charge in [-0.05, 0) is 19.9 Å². The van der Waals surface area contributed by atoms with Crippen molar-refractivity contribution in [3.05, 3.63) is 40.8 Å². The Bertz CT molecular complexity index is 800. The van der Waals surface area contributed by atoms with Crippen molar-refractivity contribution >= 4 is 35.8 Å². The maximum atomic E-state index is 5.45. The number of nitrogens with one attached hydrogen (secondary N) is 2. The minimum absolute atomic E-state index is 0. The molecule has 1 aliphatic rings. The van der Waals surface area contributed by atoms with Gasteiger partial charge in [-0.25, -0.2) is 4.98 Å². The second-order valence-corrected chi connectivity index (χ2v) is 6.64. The molecular formula is C19H30IN7O. The van der Waals surface area contributed by atoms with Gasteiger partial charge in [-0.2, -0.15) is 5.10 Å². The van der Waals surface area contributed by atoms with Crippen molar-refractivity contribution in [2.45, 2.75) is 26.9 Å². The highest BCUT2D eigenvalue weighted by atomic mass is 127. The standard InChI is InChI=1S/C19H29N7O.HI/c1-14-17(15(2)25(4)24-14)13-23-19(20-3)22-12-16-6-5-7-21-18(16)26-8-10-27-11-9-26;/h5-7H,8-13H2,1-4H3,(H2,20,22,23);1H. The van der Waals surface area contributed by atoms with Crippen LogP contribution in [0.4, 0.5) is 5.82 Å². The third kappa shape index (κ3) is 5.34. The van der Waals surface area contributed by atoms with Gasteiger partial charge >= 0.3 is 0 Å². The maximum absolute atomic E-state index is 5.45. The van der Waals surface area contributed by atoms with Gasteiger partial charge in [0, 0.05) is 63.3 Å². The average molecular weight is 499 g/mol. The fourth-order valence-corrected chi connectivity index (χ4v) is 3.27. The van der Waals surface area contributed by atoms with E-state index in [1.54, 1.807) is 7.05 Å². The molecule has 0 unspecified atom stereocenters. The second kappa shape index (κ2) is 10.6. The molecule has 0 aliphatic carbocycles. The first-order valence-corrected chi connectivity index (χ1v) is 9.30. The monoisotopic (exact) mass is 499 g/mol. The molecule has 154 valence electrons. The number of morpholine rings is 1. The lowest BCUT2D eigenvalue weighted by Gasteiger charge is -2.29. The molecule has 2 aromatic heterocycles. The van der Waals surface area contributed by atoms with Gasteiger partial charge < -0.3 is 20.3 Å². The quantitative estimate of drug-likeness (QED) is 0.371. The third-order valence-corrected chi connectivity index (χ3v) is 4.94. The van der Waals surface area contributed by atoms with Gasteiger partial charge in [0.15, 0.2) is 5.96 Å². The summed E-state index contributed by atoms with van der Waals surface area (Å²) in [4.78, 5) is 11.2. The maximum Gasteiger partial charge on any atom is 0.191 e. The van der Waals surface area contributed by atoms with Crippen LogP contribution in [-0.2, 0) is 24.9 Å². The predicted molar refractivity (Wildman–Crippen MR) is 122 cm³/mol. The molecule has 1 saturated heterocycles. The van der Waals surface area contributed by atoms with Crippen LogP contribution in [0, 0.1) is 13.8 Å². The van der Waals surface area contributed by atoms with Crippen LogP contribution in [0.25, 0.3) is 0 Å². The second-order valence-electron chi connectivity index (χ2n) is 6.64. The Morgan fingerprint density at radius 3 is 2.57 bits per heavy atom. The first-order valence-electron chi connectivity index (χ1n) is 9.30. The van der Waals surface area contributed by atoms with E-state index in [9.17, 15) is 0 Å². The number of rotatable bonds is 5. The number of aryl methyl sites for hydroxylation is 2. The Labute approximate surface area is 183 Å². The Hall–Kier alpha value is -1.88. The molecule has 0 saturated carbocycles. The molecule has 9 heteroatoms. The van der Waals surface area contributed by atoms with Crippen molar-refractivity contribution in [3.8, 4) is 0 Å². The fourth-order valence-electron chi connectivity index (χ4n) is 3.27. The first kappa shape index (κ1) is 22.4. The number of ether oxygens (including phenoxy) is 1. The largest absolute Gasteiger partial charge is 0.378 e. The molecule has 0 atom stereocenters. The molecule has 0 spiro atoms. The van der Waals surface area contributed by atoms with E-state index in [0.29, 0.717) is 13.1 Å². The zero-order valence-corrected chi connectivity index (χ0v) is 19.4. The van der Waals surface area contributed by atoms with Gasteiger partial charge in [-0.1, -0.05) is 6.07 Å². The molecule has 0 radical (unpaired) electrons. The van der Waals surface area contributed by atoms with E-state index < -0.39 is 0 Å². The van der Waals surface area contributed by atoms with Crippen LogP contribution in [0.2, 0.25) is 0 Å². The summed E-state index contributed by atoms with van der Waals surface area (Å²) in [5.41, 5.74) is 4.56. The number of anilines is 1. The smallest absolute Gasteiger partial charge is 0.191 e. The topological polar surface area (TPSA) is 79.6 Å². The average Bonchev–Trinajstić information content (AvgIpc) is 2.94. The highest BCUT2D eigenvalue weighted by molar-refractivity contribution is 14.0. The summed E-state index contributed by atoms with van der Waals surface area (Å²) in [6.45, 7) is 8.70. The molecule has 1 aliphatic heterocycles. The number of halogens is 1. The SMILES string of the molecule is CN=C(NCc1cccnc1N1CCOCC1)NCc1c(C)nn(C)c1C.I. The summed E-state index contributed by atoms with van der Waals surface area (Å²) in [7, 11) is 3.75. The zero-order valence-electron chi connectivity index (χ0n) is 17.0. The predicted octanol–water partition coefficient (Wildman–Crippen LogP) is 1.75. The minimum atomic E-state index is 0. The molecule has 1 fully saturated rings. The number of hydrogen-bond acceptors (Lipinski definition) is 5. The summed E-state index contributed by atoms with van der Waals surface area (Å²) in [6.07, 6.45) is 1.84. The number of pyridine rings is 1. The molecule has 0 aromatic carbocycles. The summed E-state index contributed by atoms with van der Waals surface area (Å²) in [6, 6.07) is 4.08. The van der Waals surface area contributed by atoms with Crippen molar-refractivity contribution in [1.82, 2.24) is 25.4 Å². The van der Waals surface area contributed by atoms with E-state index in [1.807, 2.05) is 30.9 Å². The van der Waals surface area contributed by atoms with Crippen molar-refractivity contribution in [2.75, 3.05) is 38.3 Å². The van der Waals surface area contributed by atoms with Crippen LogP contribution >= 0.6 is 24.0 Å². The van der Waals surface area contributed by atoms with Gasteiger partial charge in [0.25, 0.3) is 0 Å². The number of hydrogen-bond donors (Lipinski definition) is 2. The molecule has 2 aromatic rings. The summed E-state index contributed by atoms with van der Waals surface area (Å²) < 4.78 is 7.36. The van der Waals surface area contributed by atoms with Crippen molar-refractivity contribution in [2.24, 2.45) is 12.0 Å². The molecule has 3 rings (SSSR count). The molecule has 0 bridgehead atoms. The zero-order chi connectivity index (χ0) is 19.2. The third-order valence-electron chi connectivity index (χ3n) is 4.94. The normalized spacial score (nSPS) is 14.6. The van der Waals surface area contributed by atoms with Crippen molar-refractivity contribution in [3.63, 3.8) is 0 Å². The van der Waals surface area contributed by atoms with E-state index in [0.717, 1.165) is 55.0 Å². The Morgan fingerprint density at radius 1 is 1.21 bits per heavy atom. The molecule has 8 nitrogen and oxygen atoms in total. The lowest BCUT2D eigenvalue weighted by atomic mass is 10.2. The van der Waals surface area contributed by atoms with Crippen LogP contribution in [-0.4, -0.2) is 54.1 Å². The summed E-state index contributed by atoms with van der Waals surface area (Å²) >= 11 is 0. The Balaban J connectivity index is 0.00000280. The fraction of sp³-hybridized carbons (Fsp3) is 0.526. The van der Waals surface area contributed by atoms with Crippen LogP contribution in [0.15, 0.2) is 23.3 Å². The molecule has 3 heterocycles. The van der Waals surface area contributed by atoms with E-state index in [2.05, 4.69) is 43.6 Å². The highest BCUT2D eigenvalue weighted by Gasteiger charge is 2.16. The van der Waals surface area contributed by atoms with Crippen LogP contribution in [0.1, 0.15) is 22.5 Å². The van der Waals surface area contributed by atoms with Gasteiger partial charge in [0.1, 0.15) is 5.82 Å². The van der Waals surface area contributed by atoms with E-state index in [-0.39, 0.29) is 24.0 Å². The van der Waals surface area contributed by atoms with E-state index in [4.69, 9.17) is 4.74 Å². The highest BCUT2D eigenvalue weighted by Crippen LogP contribution is 2.18. The first-order chi connectivity index (χ1) is 13.1. The molecule has 2 N–H and O–H groups in total. The summed E-state index contributed by atoms with van der Waals surface area (Å²) in [5, 5.41) is 11.2. The molecular weight excluding hydrogens is 469 g/mol. The number of aliphatic imine (C=N–C) groups is 1. The van der Waals surface area contributed by atoms with Gasteiger partial charge in [-0.15, -0.1) is 24.0 Å². The van der Waals surface area contributed by atoms with Crippen molar-refractivity contribution < 1.29 is 4.74 Å².